The quantitative estimate of drug-likeness (QED) is 0.601. The Morgan fingerprint density at radius 1 is 1.39 bits per heavy atom. The molecule has 0 spiro atoms. The average molecular weight is 435 g/mol. The van der Waals surface area contributed by atoms with E-state index in [0.717, 1.165) is 11.3 Å². The van der Waals surface area contributed by atoms with Crippen LogP contribution in [0.2, 0.25) is 0 Å². The smallest absolute Gasteiger partial charge is 0.248 e. The van der Waals surface area contributed by atoms with Gasteiger partial charge in [0.25, 0.3) is 0 Å². The molecule has 11 heteroatoms. The summed E-state index contributed by atoms with van der Waals surface area (Å²) in [7, 11) is 0. The van der Waals surface area contributed by atoms with Crippen molar-refractivity contribution in [1.82, 2.24) is 24.6 Å². The Bertz CT molecular complexity index is 1020. The second kappa shape index (κ2) is 7.94. The molecular weight excluding hydrogens is 416 g/mol. The maximum absolute atomic E-state index is 13.3. The molecule has 2 N–H and O–H groups in total. The van der Waals surface area contributed by atoms with Crippen LogP contribution < -0.4 is 5.32 Å². The second-order valence-electron chi connectivity index (χ2n) is 6.39. The van der Waals surface area contributed by atoms with Crippen LogP contribution in [0.1, 0.15) is 25.8 Å². The Morgan fingerprint density at radius 3 is 2.96 bits per heavy atom. The summed E-state index contributed by atoms with van der Waals surface area (Å²) in [4.78, 5) is 32.6. The van der Waals surface area contributed by atoms with Crippen molar-refractivity contribution >= 4 is 51.8 Å². The molecule has 2 atom stereocenters. The number of carbonyl (C=O) groups excluding carboxylic acids is 2. The predicted octanol–water partition coefficient (Wildman–Crippen LogP) is 3.32. The van der Waals surface area contributed by atoms with Crippen molar-refractivity contribution in [3.05, 3.63) is 33.9 Å². The molecule has 1 aliphatic heterocycles. The zero-order valence-corrected chi connectivity index (χ0v) is 17.4. The molecule has 4 heterocycles. The summed E-state index contributed by atoms with van der Waals surface area (Å²) < 4.78 is 2.10. The van der Waals surface area contributed by atoms with E-state index in [-0.39, 0.29) is 11.8 Å². The van der Waals surface area contributed by atoms with E-state index in [4.69, 9.17) is 12.2 Å². The third kappa shape index (κ3) is 3.52. The molecular formula is C17H18N6O2S3. The van der Waals surface area contributed by atoms with Crippen LogP contribution in [0.5, 0.6) is 0 Å². The summed E-state index contributed by atoms with van der Waals surface area (Å²) in [6.07, 6.45) is 3.04. The second-order valence-corrected chi connectivity index (χ2v) is 8.62. The fourth-order valence-electron chi connectivity index (χ4n) is 3.37. The Kier molecular flexibility index (Phi) is 5.38. The fourth-order valence-corrected chi connectivity index (χ4v) is 4.90. The molecule has 3 aromatic heterocycles. The largest absolute Gasteiger partial charge is 0.329 e. The first-order chi connectivity index (χ1) is 13.6. The first-order valence-electron chi connectivity index (χ1n) is 8.78. The van der Waals surface area contributed by atoms with Crippen molar-refractivity contribution in [2.24, 2.45) is 0 Å². The maximum Gasteiger partial charge on any atom is 0.248 e. The van der Waals surface area contributed by atoms with Gasteiger partial charge in [-0.05, 0) is 43.4 Å². The van der Waals surface area contributed by atoms with Gasteiger partial charge < -0.3 is 10.2 Å². The number of anilines is 1. The number of rotatable bonds is 5. The summed E-state index contributed by atoms with van der Waals surface area (Å²) in [6.45, 7) is 2.33. The highest BCUT2D eigenvalue weighted by Crippen LogP contribution is 2.28. The Labute approximate surface area is 174 Å². The topological polar surface area (TPSA) is 95.9 Å². The lowest BCUT2D eigenvalue weighted by molar-refractivity contribution is -0.139. The number of thiophene rings is 1. The van der Waals surface area contributed by atoms with Crippen molar-refractivity contribution in [3.63, 3.8) is 0 Å². The minimum Gasteiger partial charge on any atom is -0.329 e. The van der Waals surface area contributed by atoms with Gasteiger partial charge in [0.15, 0.2) is 15.7 Å². The van der Waals surface area contributed by atoms with E-state index in [9.17, 15) is 9.59 Å². The minimum atomic E-state index is -0.573. The van der Waals surface area contributed by atoms with Gasteiger partial charge in [0.1, 0.15) is 12.1 Å². The van der Waals surface area contributed by atoms with E-state index in [0.29, 0.717) is 28.7 Å². The van der Waals surface area contributed by atoms with Crippen LogP contribution >= 0.6 is 34.9 Å². The van der Waals surface area contributed by atoms with Gasteiger partial charge in [-0.2, -0.15) is 5.10 Å². The first-order valence-corrected chi connectivity index (χ1v) is 10.9. The zero-order valence-electron chi connectivity index (χ0n) is 15.0. The van der Waals surface area contributed by atoms with Crippen LogP contribution in [-0.4, -0.2) is 49.0 Å². The van der Waals surface area contributed by atoms with E-state index in [2.05, 4.69) is 20.5 Å². The molecule has 0 aliphatic carbocycles. The molecule has 1 fully saturated rings. The molecule has 8 nitrogen and oxygen atoms in total. The SMILES string of the molecule is CC(C(=O)N1CCCC1C(=O)Nc1nccs1)n1c(-c2cccs2)n[nH]c1=S. The van der Waals surface area contributed by atoms with E-state index >= 15 is 0 Å². The lowest BCUT2D eigenvalue weighted by Crippen LogP contribution is -2.45. The summed E-state index contributed by atoms with van der Waals surface area (Å²) in [5, 5.41) is 14.1. The van der Waals surface area contributed by atoms with Gasteiger partial charge in [0, 0.05) is 18.1 Å². The van der Waals surface area contributed by atoms with Crippen LogP contribution in [0, 0.1) is 4.77 Å². The van der Waals surface area contributed by atoms with Crippen molar-refractivity contribution in [2.45, 2.75) is 31.8 Å². The Morgan fingerprint density at radius 2 is 2.25 bits per heavy atom. The fraction of sp³-hybridized carbons (Fsp3) is 0.353. The molecule has 1 saturated heterocycles. The number of aromatic nitrogens is 4. The summed E-state index contributed by atoms with van der Waals surface area (Å²) >= 11 is 8.25. The van der Waals surface area contributed by atoms with Crippen LogP contribution in [0.3, 0.4) is 0 Å². The number of hydrogen-bond acceptors (Lipinski definition) is 7. The summed E-state index contributed by atoms with van der Waals surface area (Å²) in [5.41, 5.74) is 0. The molecule has 28 heavy (non-hydrogen) atoms. The van der Waals surface area contributed by atoms with E-state index in [1.54, 1.807) is 28.0 Å². The number of nitrogens with zero attached hydrogens (tertiary/aromatic N) is 4. The summed E-state index contributed by atoms with van der Waals surface area (Å²) in [6, 6.07) is 2.78. The van der Waals surface area contributed by atoms with Crippen LogP contribution in [-0.2, 0) is 9.59 Å². The molecule has 1 aliphatic rings. The molecule has 0 radical (unpaired) electrons. The molecule has 0 bridgehead atoms. The van der Waals surface area contributed by atoms with Crippen molar-refractivity contribution in [1.29, 1.82) is 0 Å². The third-order valence-electron chi connectivity index (χ3n) is 4.69. The van der Waals surface area contributed by atoms with E-state index in [1.807, 2.05) is 17.5 Å². The molecule has 3 aromatic rings. The van der Waals surface area contributed by atoms with Gasteiger partial charge in [-0.15, -0.1) is 22.7 Å². The van der Waals surface area contributed by atoms with Crippen molar-refractivity contribution < 1.29 is 9.59 Å². The number of thiazole rings is 1. The Hall–Kier alpha value is -2.37. The number of amides is 2. The highest BCUT2D eigenvalue weighted by Gasteiger charge is 2.37. The van der Waals surface area contributed by atoms with Gasteiger partial charge in [-0.25, -0.2) is 4.98 Å². The molecule has 146 valence electrons. The Balaban J connectivity index is 1.56. The zero-order chi connectivity index (χ0) is 19.7. The van der Waals surface area contributed by atoms with E-state index in [1.165, 1.54) is 22.7 Å². The van der Waals surface area contributed by atoms with Crippen LogP contribution in [0.15, 0.2) is 29.1 Å². The van der Waals surface area contributed by atoms with Crippen molar-refractivity contribution in [3.8, 4) is 10.7 Å². The van der Waals surface area contributed by atoms with Crippen molar-refractivity contribution in [2.75, 3.05) is 11.9 Å². The van der Waals surface area contributed by atoms with Gasteiger partial charge >= 0.3 is 0 Å². The molecule has 4 rings (SSSR count). The van der Waals surface area contributed by atoms with Gasteiger partial charge in [-0.3, -0.25) is 19.3 Å². The average Bonchev–Trinajstić information content (AvgIpc) is 3.46. The van der Waals surface area contributed by atoms with Gasteiger partial charge in [-0.1, -0.05) is 6.07 Å². The number of hydrogen-bond donors (Lipinski definition) is 2. The highest BCUT2D eigenvalue weighted by atomic mass is 32.1. The number of carbonyl (C=O) groups is 2. The molecule has 2 amide bonds. The first kappa shape index (κ1) is 19.0. The normalized spacial score (nSPS) is 17.6. The molecule has 2 unspecified atom stereocenters. The summed E-state index contributed by atoms with van der Waals surface area (Å²) in [5.74, 6) is 0.276. The minimum absolute atomic E-state index is 0.146. The molecule has 0 saturated carbocycles. The lowest BCUT2D eigenvalue weighted by Gasteiger charge is -2.27. The number of likely N-dealkylation sites (tertiary alicyclic amines) is 1. The predicted molar refractivity (Wildman–Crippen MR) is 111 cm³/mol. The van der Waals surface area contributed by atoms with Crippen LogP contribution in [0.4, 0.5) is 5.13 Å². The maximum atomic E-state index is 13.3. The highest BCUT2D eigenvalue weighted by molar-refractivity contribution is 7.71. The van der Waals surface area contributed by atoms with Crippen LogP contribution in [0.25, 0.3) is 10.7 Å². The van der Waals surface area contributed by atoms with Gasteiger partial charge in [0.2, 0.25) is 11.8 Å². The molecule has 0 aromatic carbocycles. The number of nitrogens with one attached hydrogen (secondary N) is 2. The number of H-pyrrole nitrogens is 1. The third-order valence-corrected chi connectivity index (χ3v) is 6.53. The number of aromatic amines is 1. The van der Waals surface area contributed by atoms with E-state index < -0.39 is 12.1 Å². The standard InChI is InChI=1S/C17H18N6O2S3/c1-10(23-13(20-21-17(23)26)12-5-3-8-27-12)15(25)22-7-2-4-11(22)14(24)19-16-18-6-9-28-16/h3,5-6,8-11H,2,4,7H2,1H3,(H,21,26)(H,18,19,24). The lowest BCUT2D eigenvalue weighted by atomic mass is 10.2. The van der Waals surface area contributed by atoms with Gasteiger partial charge in [0.05, 0.1) is 4.88 Å². The monoisotopic (exact) mass is 434 g/mol.